The van der Waals surface area contributed by atoms with Gasteiger partial charge in [-0.05, 0) is 31.2 Å². The minimum Gasteiger partial charge on any atom is -0.465 e. The molecule has 0 spiro atoms. The van der Waals surface area contributed by atoms with E-state index in [2.05, 4.69) is 10.1 Å². The maximum Gasteiger partial charge on any atom is 0.409 e. The maximum absolute atomic E-state index is 12.3. The van der Waals surface area contributed by atoms with Crippen molar-refractivity contribution in [2.24, 2.45) is 5.92 Å². The molecule has 8 heteroatoms. The molecule has 126 valence electrons. The van der Waals surface area contributed by atoms with Crippen molar-refractivity contribution in [3.8, 4) is 0 Å². The standard InChI is InChI=1S/C15H20N2O5S/c1-3-22-15(20)17-7-4-10(5-8-17)13(18)16-11-6-9-23-12(11)14(19)21-2/h6,9-10H,3-5,7-8H2,1-2H3,(H,16,18). The fraction of sp³-hybridized carbons (Fsp3) is 0.533. The van der Waals surface area contributed by atoms with E-state index in [1.54, 1.807) is 23.3 Å². The molecule has 1 aliphatic heterocycles. The highest BCUT2D eigenvalue weighted by atomic mass is 32.1. The summed E-state index contributed by atoms with van der Waals surface area (Å²) < 4.78 is 9.64. The van der Waals surface area contributed by atoms with Crippen molar-refractivity contribution < 1.29 is 23.9 Å². The van der Waals surface area contributed by atoms with Gasteiger partial charge in [0.05, 0.1) is 19.4 Å². The smallest absolute Gasteiger partial charge is 0.409 e. The summed E-state index contributed by atoms with van der Waals surface area (Å²) in [6, 6.07) is 1.68. The summed E-state index contributed by atoms with van der Waals surface area (Å²) in [6.07, 6.45) is 0.808. The van der Waals surface area contributed by atoms with Gasteiger partial charge in [-0.1, -0.05) is 0 Å². The minimum absolute atomic E-state index is 0.142. The zero-order valence-electron chi connectivity index (χ0n) is 13.2. The molecular weight excluding hydrogens is 320 g/mol. The average Bonchev–Trinajstić information content (AvgIpc) is 3.02. The van der Waals surface area contributed by atoms with Crippen LogP contribution in [0.4, 0.5) is 10.5 Å². The molecule has 2 rings (SSSR count). The molecule has 1 saturated heterocycles. The van der Waals surface area contributed by atoms with Crippen molar-refractivity contribution in [1.29, 1.82) is 0 Å². The summed E-state index contributed by atoms with van der Waals surface area (Å²) >= 11 is 1.22. The lowest BCUT2D eigenvalue weighted by Crippen LogP contribution is -2.41. The quantitative estimate of drug-likeness (QED) is 0.851. The molecule has 23 heavy (non-hydrogen) atoms. The number of amides is 2. The van der Waals surface area contributed by atoms with Gasteiger partial charge in [-0.15, -0.1) is 11.3 Å². The van der Waals surface area contributed by atoms with Gasteiger partial charge in [-0.3, -0.25) is 4.79 Å². The zero-order chi connectivity index (χ0) is 16.8. The van der Waals surface area contributed by atoms with Gasteiger partial charge in [0.1, 0.15) is 4.88 Å². The Bertz CT molecular complexity index is 578. The number of piperidine rings is 1. The van der Waals surface area contributed by atoms with E-state index in [0.29, 0.717) is 43.1 Å². The molecule has 1 aliphatic rings. The molecule has 1 N–H and O–H groups in total. The van der Waals surface area contributed by atoms with Gasteiger partial charge in [0, 0.05) is 19.0 Å². The predicted octanol–water partition coefficient (Wildman–Crippen LogP) is 2.34. The second-order valence-electron chi connectivity index (χ2n) is 5.10. The van der Waals surface area contributed by atoms with Crippen LogP contribution in [0.2, 0.25) is 0 Å². The number of hydrogen-bond donors (Lipinski definition) is 1. The number of carbonyl (C=O) groups is 3. The van der Waals surface area contributed by atoms with Crippen molar-refractivity contribution in [2.75, 3.05) is 32.1 Å². The lowest BCUT2D eigenvalue weighted by Gasteiger charge is -2.30. The van der Waals surface area contributed by atoms with Crippen LogP contribution in [-0.4, -0.2) is 49.7 Å². The van der Waals surface area contributed by atoms with Crippen LogP contribution in [-0.2, 0) is 14.3 Å². The fourth-order valence-electron chi connectivity index (χ4n) is 2.43. The fourth-order valence-corrected chi connectivity index (χ4v) is 3.20. The number of hydrogen-bond acceptors (Lipinski definition) is 6. The lowest BCUT2D eigenvalue weighted by atomic mass is 9.96. The molecule has 0 radical (unpaired) electrons. The topological polar surface area (TPSA) is 84.9 Å². The molecule has 0 aromatic carbocycles. The lowest BCUT2D eigenvalue weighted by molar-refractivity contribution is -0.121. The van der Waals surface area contributed by atoms with Gasteiger partial charge in [0.15, 0.2) is 0 Å². The zero-order valence-corrected chi connectivity index (χ0v) is 14.0. The Balaban J connectivity index is 1.90. The van der Waals surface area contributed by atoms with E-state index in [4.69, 9.17) is 4.74 Å². The highest BCUT2D eigenvalue weighted by Crippen LogP contribution is 2.25. The van der Waals surface area contributed by atoms with Gasteiger partial charge in [0.2, 0.25) is 5.91 Å². The maximum atomic E-state index is 12.3. The molecule has 0 saturated carbocycles. The van der Waals surface area contributed by atoms with E-state index in [1.807, 2.05) is 0 Å². The van der Waals surface area contributed by atoms with Crippen molar-refractivity contribution in [2.45, 2.75) is 19.8 Å². The Kier molecular flexibility index (Phi) is 5.97. The predicted molar refractivity (Wildman–Crippen MR) is 85.6 cm³/mol. The first-order valence-electron chi connectivity index (χ1n) is 7.45. The number of anilines is 1. The SMILES string of the molecule is CCOC(=O)N1CCC(C(=O)Nc2ccsc2C(=O)OC)CC1. The molecular formula is C15H20N2O5S. The third-order valence-electron chi connectivity index (χ3n) is 3.69. The first-order valence-corrected chi connectivity index (χ1v) is 8.33. The van der Waals surface area contributed by atoms with E-state index in [-0.39, 0.29) is 17.9 Å². The minimum atomic E-state index is -0.465. The number of ether oxygens (including phenoxy) is 2. The molecule has 1 aromatic heterocycles. The first-order chi connectivity index (χ1) is 11.1. The van der Waals surface area contributed by atoms with Crippen LogP contribution in [0.25, 0.3) is 0 Å². The van der Waals surface area contributed by atoms with Crippen molar-refractivity contribution >= 4 is 35.0 Å². The number of likely N-dealkylation sites (tertiary alicyclic amines) is 1. The van der Waals surface area contributed by atoms with E-state index >= 15 is 0 Å². The Labute approximate surface area is 138 Å². The summed E-state index contributed by atoms with van der Waals surface area (Å²) in [6.45, 7) is 3.08. The van der Waals surface area contributed by atoms with Crippen molar-refractivity contribution in [3.63, 3.8) is 0 Å². The van der Waals surface area contributed by atoms with E-state index in [9.17, 15) is 14.4 Å². The Morgan fingerprint density at radius 2 is 2.04 bits per heavy atom. The summed E-state index contributed by atoms with van der Waals surface area (Å²) in [5.74, 6) is -0.796. The third-order valence-corrected chi connectivity index (χ3v) is 4.58. The number of esters is 1. The number of thiophene rings is 1. The number of methoxy groups -OCH3 is 1. The Morgan fingerprint density at radius 3 is 2.65 bits per heavy atom. The largest absolute Gasteiger partial charge is 0.465 e. The summed E-state index contributed by atoms with van der Waals surface area (Å²) in [7, 11) is 1.30. The van der Waals surface area contributed by atoms with E-state index in [1.165, 1.54) is 18.4 Å². The van der Waals surface area contributed by atoms with Crippen LogP contribution in [0, 0.1) is 5.92 Å². The van der Waals surface area contributed by atoms with Crippen molar-refractivity contribution in [3.05, 3.63) is 16.3 Å². The highest BCUT2D eigenvalue weighted by molar-refractivity contribution is 7.12. The monoisotopic (exact) mass is 340 g/mol. The number of rotatable bonds is 4. The van der Waals surface area contributed by atoms with Crippen LogP contribution in [0.3, 0.4) is 0 Å². The third kappa shape index (κ3) is 4.22. The molecule has 2 amide bonds. The molecule has 0 aliphatic carbocycles. The van der Waals surface area contributed by atoms with Crippen LogP contribution in [0.15, 0.2) is 11.4 Å². The summed E-state index contributed by atoms with van der Waals surface area (Å²) in [5.41, 5.74) is 0.472. The molecule has 1 aromatic rings. The van der Waals surface area contributed by atoms with Gasteiger partial charge in [-0.2, -0.15) is 0 Å². The van der Waals surface area contributed by atoms with Gasteiger partial charge in [0.25, 0.3) is 0 Å². The molecule has 2 heterocycles. The van der Waals surface area contributed by atoms with Crippen LogP contribution in [0.5, 0.6) is 0 Å². The van der Waals surface area contributed by atoms with E-state index in [0.717, 1.165) is 0 Å². The van der Waals surface area contributed by atoms with Crippen molar-refractivity contribution in [1.82, 2.24) is 4.90 Å². The average molecular weight is 340 g/mol. The van der Waals surface area contributed by atoms with Crippen LogP contribution >= 0.6 is 11.3 Å². The van der Waals surface area contributed by atoms with Gasteiger partial charge < -0.3 is 19.7 Å². The summed E-state index contributed by atoms with van der Waals surface area (Å²) in [5, 5.41) is 4.51. The molecule has 0 bridgehead atoms. The van der Waals surface area contributed by atoms with E-state index < -0.39 is 5.97 Å². The first kappa shape index (κ1) is 17.3. The number of carbonyl (C=O) groups excluding carboxylic acids is 3. The normalized spacial score (nSPS) is 15.1. The van der Waals surface area contributed by atoms with Gasteiger partial charge in [-0.25, -0.2) is 9.59 Å². The number of nitrogens with zero attached hydrogens (tertiary/aromatic N) is 1. The highest BCUT2D eigenvalue weighted by Gasteiger charge is 2.28. The summed E-state index contributed by atoms with van der Waals surface area (Å²) in [4.78, 5) is 37.6. The second kappa shape index (κ2) is 7.96. The Hall–Kier alpha value is -2.09. The second-order valence-corrected chi connectivity index (χ2v) is 6.02. The molecule has 7 nitrogen and oxygen atoms in total. The Morgan fingerprint density at radius 1 is 1.35 bits per heavy atom. The van der Waals surface area contributed by atoms with Gasteiger partial charge >= 0.3 is 12.1 Å². The number of nitrogens with one attached hydrogen (secondary N) is 1. The van der Waals surface area contributed by atoms with Crippen LogP contribution in [0.1, 0.15) is 29.4 Å². The van der Waals surface area contributed by atoms with Crippen LogP contribution < -0.4 is 5.32 Å². The molecule has 1 fully saturated rings. The molecule has 0 unspecified atom stereocenters. The molecule has 0 atom stereocenters.